The number of nitrogens with zero attached hydrogens (tertiary/aromatic N) is 2. The summed E-state index contributed by atoms with van der Waals surface area (Å²) in [6.07, 6.45) is 1.85. The zero-order valence-electron chi connectivity index (χ0n) is 12.4. The molecule has 0 spiro atoms. The number of benzene rings is 1. The monoisotopic (exact) mass is 342 g/mol. The Morgan fingerprint density at radius 1 is 1.23 bits per heavy atom. The Balaban J connectivity index is 1.61. The van der Waals surface area contributed by atoms with Gasteiger partial charge in [0.25, 0.3) is 5.91 Å². The van der Waals surface area contributed by atoms with E-state index in [9.17, 15) is 4.79 Å². The number of carbonyl (C=O) groups excluding carboxylic acids is 1. The van der Waals surface area contributed by atoms with E-state index in [4.69, 9.17) is 27.9 Å². The normalized spacial score (nSPS) is 23.0. The van der Waals surface area contributed by atoms with Gasteiger partial charge in [-0.05, 0) is 30.5 Å². The van der Waals surface area contributed by atoms with Gasteiger partial charge in [-0.3, -0.25) is 9.69 Å². The summed E-state index contributed by atoms with van der Waals surface area (Å²) in [7, 11) is 0. The molecule has 0 saturated carbocycles. The predicted molar refractivity (Wildman–Crippen MR) is 87.3 cm³/mol. The maximum absolute atomic E-state index is 12.4. The maximum atomic E-state index is 12.4. The highest BCUT2D eigenvalue weighted by Crippen LogP contribution is 2.23. The zero-order valence-corrected chi connectivity index (χ0v) is 13.9. The van der Waals surface area contributed by atoms with Gasteiger partial charge in [0.1, 0.15) is 6.10 Å². The lowest BCUT2D eigenvalue weighted by Crippen LogP contribution is -2.50. The van der Waals surface area contributed by atoms with Crippen molar-refractivity contribution in [1.82, 2.24) is 9.80 Å². The van der Waals surface area contributed by atoms with Crippen LogP contribution in [0.25, 0.3) is 0 Å². The second kappa shape index (κ2) is 7.18. The molecule has 2 aliphatic heterocycles. The standard InChI is InChI=1S/C16H20Cl2N2O2/c17-13-4-3-12(14(18)9-13)10-19-7-8-22-15(11-19)16(21)20-5-1-2-6-20/h3-4,9,15H,1-2,5-8,10-11H2. The van der Waals surface area contributed by atoms with Crippen LogP contribution in [0.1, 0.15) is 18.4 Å². The first-order valence-electron chi connectivity index (χ1n) is 7.70. The Morgan fingerprint density at radius 3 is 2.73 bits per heavy atom. The predicted octanol–water partition coefficient (Wildman–Crippen LogP) is 2.82. The largest absolute Gasteiger partial charge is 0.366 e. The minimum atomic E-state index is -0.349. The van der Waals surface area contributed by atoms with Crippen molar-refractivity contribution in [2.75, 3.05) is 32.8 Å². The fourth-order valence-corrected chi connectivity index (χ4v) is 3.50. The van der Waals surface area contributed by atoms with E-state index in [2.05, 4.69) is 4.90 Å². The van der Waals surface area contributed by atoms with Crippen molar-refractivity contribution in [3.63, 3.8) is 0 Å². The van der Waals surface area contributed by atoms with Crippen molar-refractivity contribution < 1.29 is 9.53 Å². The molecule has 2 aliphatic rings. The number of rotatable bonds is 3. The van der Waals surface area contributed by atoms with Crippen LogP contribution in [0.2, 0.25) is 10.0 Å². The number of likely N-dealkylation sites (tertiary alicyclic amines) is 1. The number of hydrogen-bond donors (Lipinski definition) is 0. The molecule has 0 bridgehead atoms. The van der Waals surface area contributed by atoms with E-state index in [0.29, 0.717) is 29.7 Å². The molecule has 1 aromatic rings. The minimum Gasteiger partial charge on any atom is -0.366 e. The van der Waals surface area contributed by atoms with Crippen molar-refractivity contribution in [3.05, 3.63) is 33.8 Å². The van der Waals surface area contributed by atoms with E-state index in [-0.39, 0.29) is 12.0 Å². The number of amides is 1. The molecule has 3 rings (SSSR count). The van der Waals surface area contributed by atoms with Crippen LogP contribution < -0.4 is 0 Å². The van der Waals surface area contributed by atoms with E-state index in [1.54, 1.807) is 6.07 Å². The molecule has 0 N–H and O–H groups in total. The number of hydrogen-bond acceptors (Lipinski definition) is 3. The third kappa shape index (κ3) is 3.74. The second-order valence-corrected chi connectivity index (χ2v) is 6.71. The number of morpholine rings is 1. The summed E-state index contributed by atoms with van der Waals surface area (Å²) >= 11 is 12.2. The molecular formula is C16H20Cl2N2O2. The van der Waals surface area contributed by atoms with Gasteiger partial charge >= 0.3 is 0 Å². The Morgan fingerprint density at radius 2 is 2.00 bits per heavy atom. The van der Waals surface area contributed by atoms with Crippen LogP contribution in [0.4, 0.5) is 0 Å². The molecule has 1 atom stereocenters. The van der Waals surface area contributed by atoms with Gasteiger partial charge in [-0.25, -0.2) is 0 Å². The van der Waals surface area contributed by atoms with E-state index in [1.807, 2.05) is 17.0 Å². The lowest BCUT2D eigenvalue weighted by molar-refractivity contribution is -0.148. The van der Waals surface area contributed by atoms with E-state index in [1.165, 1.54) is 0 Å². The van der Waals surface area contributed by atoms with Gasteiger partial charge in [0.15, 0.2) is 0 Å². The van der Waals surface area contributed by atoms with Crippen LogP contribution in [0.15, 0.2) is 18.2 Å². The average Bonchev–Trinajstić information content (AvgIpc) is 3.04. The second-order valence-electron chi connectivity index (χ2n) is 5.86. The fourth-order valence-electron chi connectivity index (χ4n) is 3.03. The van der Waals surface area contributed by atoms with Gasteiger partial charge < -0.3 is 9.64 Å². The quantitative estimate of drug-likeness (QED) is 0.846. The molecule has 0 aliphatic carbocycles. The van der Waals surface area contributed by atoms with Crippen molar-refractivity contribution >= 4 is 29.1 Å². The van der Waals surface area contributed by atoms with Crippen molar-refractivity contribution in [1.29, 1.82) is 0 Å². The van der Waals surface area contributed by atoms with Gasteiger partial charge in [0, 0.05) is 42.8 Å². The minimum absolute atomic E-state index is 0.129. The van der Waals surface area contributed by atoms with Gasteiger partial charge in [-0.1, -0.05) is 29.3 Å². The molecule has 1 amide bonds. The SMILES string of the molecule is O=C(C1CN(Cc2ccc(Cl)cc2Cl)CCO1)N1CCCC1. The van der Waals surface area contributed by atoms with E-state index < -0.39 is 0 Å². The fraction of sp³-hybridized carbons (Fsp3) is 0.562. The first kappa shape index (κ1) is 16.1. The zero-order chi connectivity index (χ0) is 15.5. The summed E-state index contributed by atoms with van der Waals surface area (Å²) in [5.74, 6) is 0.129. The van der Waals surface area contributed by atoms with Gasteiger partial charge in [0.05, 0.1) is 6.61 Å². The molecule has 4 nitrogen and oxygen atoms in total. The first-order valence-corrected chi connectivity index (χ1v) is 8.46. The lowest BCUT2D eigenvalue weighted by Gasteiger charge is -2.34. The van der Waals surface area contributed by atoms with Crippen molar-refractivity contribution in [2.45, 2.75) is 25.5 Å². The van der Waals surface area contributed by atoms with Crippen molar-refractivity contribution in [3.8, 4) is 0 Å². The first-order chi connectivity index (χ1) is 10.6. The molecule has 120 valence electrons. The molecule has 0 radical (unpaired) electrons. The Hall–Kier alpha value is -0.810. The number of ether oxygens (including phenoxy) is 1. The van der Waals surface area contributed by atoms with E-state index >= 15 is 0 Å². The highest BCUT2D eigenvalue weighted by atomic mass is 35.5. The summed E-state index contributed by atoms with van der Waals surface area (Å²) in [6, 6.07) is 5.54. The molecule has 2 heterocycles. The molecule has 6 heteroatoms. The summed E-state index contributed by atoms with van der Waals surface area (Å²) < 4.78 is 5.68. The molecule has 1 unspecified atom stereocenters. The summed E-state index contributed by atoms with van der Waals surface area (Å²) in [4.78, 5) is 16.6. The van der Waals surface area contributed by atoms with Crippen LogP contribution in [0.5, 0.6) is 0 Å². The molecular weight excluding hydrogens is 323 g/mol. The number of halogens is 2. The highest BCUT2D eigenvalue weighted by molar-refractivity contribution is 6.35. The Kier molecular flexibility index (Phi) is 5.24. The smallest absolute Gasteiger partial charge is 0.253 e. The Labute approximate surface area is 140 Å². The number of carbonyl (C=O) groups is 1. The third-order valence-corrected chi connectivity index (χ3v) is 4.84. The van der Waals surface area contributed by atoms with Gasteiger partial charge in [0.2, 0.25) is 0 Å². The van der Waals surface area contributed by atoms with Crippen LogP contribution in [-0.4, -0.2) is 54.6 Å². The van der Waals surface area contributed by atoms with Crippen molar-refractivity contribution in [2.24, 2.45) is 0 Å². The summed E-state index contributed by atoms with van der Waals surface area (Å²) in [5, 5.41) is 1.30. The molecule has 2 saturated heterocycles. The maximum Gasteiger partial charge on any atom is 0.253 e. The summed E-state index contributed by atoms with van der Waals surface area (Å²) in [5.41, 5.74) is 1.03. The highest BCUT2D eigenvalue weighted by Gasteiger charge is 2.31. The van der Waals surface area contributed by atoms with Gasteiger partial charge in [-0.15, -0.1) is 0 Å². The van der Waals surface area contributed by atoms with Crippen LogP contribution in [0.3, 0.4) is 0 Å². The van der Waals surface area contributed by atoms with E-state index in [0.717, 1.165) is 38.0 Å². The van der Waals surface area contributed by atoms with Crippen LogP contribution in [0, 0.1) is 0 Å². The van der Waals surface area contributed by atoms with Crippen LogP contribution >= 0.6 is 23.2 Å². The average molecular weight is 343 g/mol. The topological polar surface area (TPSA) is 32.8 Å². The van der Waals surface area contributed by atoms with Crippen LogP contribution in [-0.2, 0) is 16.1 Å². The Bertz CT molecular complexity index is 547. The third-order valence-electron chi connectivity index (χ3n) is 4.25. The molecule has 0 aromatic heterocycles. The van der Waals surface area contributed by atoms with Gasteiger partial charge in [-0.2, -0.15) is 0 Å². The molecule has 2 fully saturated rings. The summed E-state index contributed by atoms with van der Waals surface area (Å²) in [6.45, 7) is 4.44. The molecule has 1 aromatic carbocycles. The molecule has 22 heavy (non-hydrogen) atoms. The lowest BCUT2D eigenvalue weighted by atomic mass is 10.1.